The Balaban J connectivity index is 1.45. The van der Waals surface area contributed by atoms with Gasteiger partial charge in [-0.05, 0) is 61.5 Å². The van der Waals surface area contributed by atoms with Crippen LogP contribution in [0.4, 0.5) is 0 Å². The molecule has 0 aliphatic rings. The summed E-state index contributed by atoms with van der Waals surface area (Å²) in [6.45, 7) is 6.30. The van der Waals surface area contributed by atoms with E-state index in [0.29, 0.717) is 16.7 Å². The maximum atomic E-state index is 10.6. The fraction of sp³-hybridized carbons (Fsp3) is 0.0222. The average Bonchev–Trinajstić information content (AvgIpc) is 3.82. The van der Waals surface area contributed by atoms with E-state index in [9.17, 15) is 10.5 Å². The number of nitrogens with zero attached hydrogens (tertiary/aromatic N) is 4. The van der Waals surface area contributed by atoms with Crippen molar-refractivity contribution < 1.29 is 4.42 Å². The Morgan fingerprint density at radius 1 is 0.680 bits per heavy atom. The standard InChI is InChI=1S/C45H28N4O/c1-3-12-39(48-36-17-8-4-13-30(36)31-14-5-9-18-37(31)48)43(28(2)26-46)35-22-21-29(27-47)25-41(35)49-38-19-10-6-16-34(38)44-40(49)24-23-33-32-15-7-11-20-42(32)50-45(33)44/h3-25H,2H2,1H3/b12-3-,43-39-. The highest BCUT2D eigenvalue weighted by Crippen LogP contribution is 2.44. The van der Waals surface area contributed by atoms with Gasteiger partial charge in [-0.15, -0.1) is 0 Å². The first-order valence-corrected chi connectivity index (χ1v) is 16.5. The quantitative estimate of drug-likeness (QED) is 0.139. The predicted octanol–water partition coefficient (Wildman–Crippen LogP) is 11.7. The SMILES string of the molecule is C=C(C#N)/C(=C(\C=C/C)n1c2ccccc2c2ccccc21)c1ccc(C#N)cc1-n1c2ccccc2c2c3oc4ccccc4c3ccc21. The molecule has 0 aliphatic heterocycles. The van der Waals surface area contributed by atoms with Crippen LogP contribution in [0.1, 0.15) is 18.1 Å². The van der Waals surface area contributed by atoms with Gasteiger partial charge in [-0.1, -0.05) is 91.5 Å². The molecule has 0 radical (unpaired) electrons. The predicted molar refractivity (Wildman–Crippen MR) is 205 cm³/mol. The van der Waals surface area contributed by atoms with Crippen LogP contribution in [-0.4, -0.2) is 9.13 Å². The highest BCUT2D eigenvalue weighted by Gasteiger charge is 2.24. The van der Waals surface area contributed by atoms with Gasteiger partial charge in [-0.3, -0.25) is 0 Å². The lowest BCUT2D eigenvalue weighted by molar-refractivity contribution is 0.673. The zero-order valence-electron chi connectivity index (χ0n) is 27.2. The topological polar surface area (TPSA) is 70.6 Å². The zero-order chi connectivity index (χ0) is 33.9. The molecule has 0 atom stereocenters. The summed E-state index contributed by atoms with van der Waals surface area (Å²) in [5.41, 5.74) is 9.41. The molecule has 9 rings (SSSR count). The Hall–Kier alpha value is -7.08. The highest BCUT2D eigenvalue weighted by atomic mass is 16.3. The molecule has 234 valence electrons. The van der Waals surface area contributed by atoms with Crippen LogP contribution in [0.15, 0.2) is 156 Å². The molecule has 0 bridgehead atoms. The van der Waals surface area contributed by atoms with Gasteiger partial charge in [-0.25, -0.2) is 0 Å². The van der Waals surface area contributed by atoms with Crippen molar-refractivity contribution in [2.24, 2.45) is 0 Å². The van der Waals surface area contributed by atoms with Crippen molar-refractivity contribution in [2.45, 2.75) is 6.92 Å². The van der Waals surface area contributed by atoms with Gasteiger partial charge in [0.25, 0.3) is 0 Å². The van der Waals surface area contributed by atoms with E-state index in [1.165, 1.54) is 0 Å². The van der Waals surface area contributed by atoms with Crippen molar-refractivity contribution in [1.82, 2.24) is 9.13 Å². The lowest BCUT2D eigenvalue weighted by Crippen LogP contribution is -2.06. The third-order valence-corrected chi connectivity index (χ3v) is 9.66. The maximum absolute atomic E-state index is 10.6. The summed E-state index contributed by atoms with van der Waals surface area (Å²) in [7, 11) is 0. The number of rotatable bonds is 5. The van der Waals surface area contributed by atoms with Gasteiger partial charge in [0.2, 0.25) is 0 Å². The number of nitriles is 2. The summed E-state index contributed by atoms with van der Waals surface area (Å²) in [6.07, 6.45) is 4.04. The number of aromatic nitrogens is 2. The van der Waals surface area contributed by atoms with Gasteiger partial charge < -0.3 is 13.6 Å². The summed E-state index contributed by atoms with van der Waals surface area (Å²) in [6, 6.07) is 47.7. The van der Waals surface area contributed by atoms with Gasteiger partial charge in [0.05, 0.1) is 62.1 Å². The molecular weight excluding hydrogens is 613 g/mol. The van der Waals surface area contributed by atoms with E-state index in [1.807, 2.05) is 91.9 Å². The molecule has 3 heterocycles. The van der Waals surface area contributed by atoms with Gasteiger partial charge in [0.1, 0.15) is 11.2 Å². The van der Waals surface area contributed by atoms with Crippen molar-refractivity contribution in [3.63, 3.8) is 0 Å². The fourth-order valence-electron chi connectivity index (χ4n) is 7.61. The second kappa shape index (κ2) is 11.3. The van der Waals surface area contributed by atoms with Gasteiger partial charge >= 0.3 is 0 Å². The first-order chi connectivity index (χ1) is 24.6. The van der Waals surface area contributed by atoms with Crippen molar-refractivity contribution >= 4 is 76.8 Å². The molecule has 0 saturated carbocycles. The second-order valence-corrected chi connectivity index (χ2v) is 12.4. The van der Waals surface area contributed by atoms with Crippen LogP contribution < -0.4 is 0 Å². The highest BCUT2D eigenvalue weighted by molar-refractivity contribution is 6.24. The summed E-state index contributed by atoms with van der Waals surface area (Å²) < 4.78 is 11.0. The Labute approximate surface area is 287 Å². The molecule has 50 heavy (non-hydrogen) atoms. The van der Waals surface area contributed by atoms with Crippen molar-refractivity contribution in [3.8, 4) is 17.8 Å². The first kappa shape index (κ1) is 29.1. The summed E-state index contributed by atoms with van der Waals surface area (Å²) in [5, 5.41) is 27.1. The Morgan fingerprint density at radius 2 is 1.32 bits per heavy atom. The van der Waals surface area contributed by atoms with Crippen molar-refractivity contribution in [3.05, 3.63) is 163 Å². The lowest BCUT2D eigenvalue weighted by atomic mass is 9.93. The average molecular weight is 641 g/mol. The fourth-order valence-corrected chi connectivity index (χ4v) is 7.61. The van der Waals surface area contributed by atoms with Crippen LogP contribution in [0.2, 0.25) is 0 Å². The number of para-hydroxylation sites is 4. The molecule has 0 aliphatic carbocycles. The molecule has 9 aromatic rings. The molecule has 0 amide bonds. The molecule has 3 aromatic heterocycles. The zero-order valence-corrected chi connectivity index (χ0v) is 27.2. The largest absolute Gasteiger partial charge is 0.455 e. The van der Waals surface area contributed by atoms with E-state index in [2.05, 4.69) is 82.4 Å². The molecule has 0 unspecified atom stereocenters. The Kier molecular flexibility index (Phi) is 6.56. The van der Waals surface area contributed by atoms with Crippen LogP contribution in [0.5, 0.6) is 0 Å². The summed E-state index contributed by atoms with van der Waals surface area (Å²) >= 11 is 0. The first-order valence-electron chi connectivity index (χ1n) is 16.5. The van der Waals surface area contributed by atoms with Gasteiger partial charge in [0.15, 0.2) is 0 Å². The molecule has 5 heteroatoms. The number of benzene rings is 6. The minimum Gasteiger partial charge on any atom is -0.455 e. The number of hydrogen-bond donors (Lipinski definition) is 0. The number of fused-ring (bicyclic) bond motifs is 10. The normalized spacial score (nSPS) is 12.4. The van der Waals surface area contributed by atoms with Crippen LogP contribution in [0.3, 0.4) is 0 Å². The van der Waals surface area contributed by atoms with E-state index in [4.69, 9.17) is 4.42 Å². The molecule has 6 aromatic carbocycles. The van der Waals surface area contributed by atoms with Crippen molar-refractivity contribution in [1.29, 1.82) is 10.5 Å². The van der Waals surface area contributed by atoms with Gasteiger partial charge in [0, 0.05) is 38.1 Å². The molecule has 0 N–H and O–H groups in total. The third kappa shape index (κ3) is 4.11. The number of furan rings is 1. The second-order valence-electron chi connectivity index (χ2n) is 12.4. The third-order valence-electron chi connectivity index (χ3n) is 9.66. The summed E-state index contributed by atoms with van der Waals surface area (Å²) in [4.78, 5) is 0. The smallest absolute Gasteiger partial charge is 0.145 e. The van der Waals surface area contributed by atoms with Crippen LogP contribution in [0, 0.1) is 22.7 Å². The minimum atomic E-state index is 0.311. The Morgan fingerprint density at radius 3 is 2.00 bits per heavy atom. The van der Waals surface area contributed by atoms with Crippen LogP contribution in [0.25, 0.3) is 82.5 Å². The van der Waals surface area contributed by atoms with Crippen molar-refractivity contribution in [2.75, 3.05) is 0 Å². The van der Waals surface area contributed by atoms with E-state index in [1.54, 1.807) is 0 Å². The van der Waals surface area contributed by atoms with E-state index in [-0.39, 0.29) is 0 Å². The number of allylic oxidation sites excluding steroid dienone is 5. The monoisotopic (exact) mass is 640 g/mol. The molecule has 0 fully saturated rings. The minimum absolute atomic E-state index is 0.311. The lowest BCUT2D eigenvalue weighted by Gasteiger charge is -2.20. The van der Waals surface area contributed by atoms with E-state index < -0.39 is 0 Å². The summed E-state index contributed by atoms with van der Waals surface area (Å²) in [5.74, 6) is 0. The number of hydrogen-bond acceptors (Lipinski definition) is 3. The molecular formula is C45H28N4O. The van der Waals surface area contributed by atoms with Gasteiger partial charge in [-0.2, -0.15) is 10.5 Å². The van der Waals surface area contributed by atoms with Crippen LogP contribution >= 0.6 is 0 Å². The Bertz CT molecular complexity index is 2980. The molecule has 0 spiro atoms. The van der Waals surface area contributed by atoms with Crippen LogP contribution in [-0.2, 0) is 0 Å². The maximum Gasteiger partial charge on any atom is 0.145 e. The van der Waals surface area contributed by atoms with E-state index >= 15 is 0 Å². The molecule has 0 saturated heterocycles. The molecule has 5 nitrogen and oxygen atoms in total. The van der Waals surface area contributed by atoms with E-state index in [0.717, 1.165) is 82.5 Å².